The van der Waals surface area contributed by atoms with E-state index in [1.54, 1.807) is 0 Å². The van der Waals surface area contributed by atoms with Gasteiger partial charge in [-0.15, -0.1) is 0 Å². The second-order valence-corrected chi connectivity index (χ2v) is 9.98. The number of rotatable bonds is 40. The minimum absolute atomic E-state index is 0.0282. The highest BCUT2D eigenvalue weighted by Gasteiger charge is 2.06. The third kappa shape index (κ3) is 37.7. The van der Waals surface area contributed by atoms with Crippen molar-refractivity contribution in [1.29, 1.82) is 0 Å². The Kier molecular flexibility index (Phi) is 40.1. The van der Waals surface area contributed by atoms with Gasteiger partial charge in [0.2, 0.25) is 0 Å². The predicted octanol–water partition coefficient (Wildman–Crippen LogP) is 3.30. The SMILES string of the molecule is CCCCCCCCOCC(CC)OCCOCCOCCOCCOCCOCCOCCOCCOCCOCCO. The van der Waals surface area contributed by atoms with E-state index in [4.69, 9.17) is 57.2 Å². The molecule has 0 saturated heterocycles. The summed E-state index contributed by atoms with van der Waals surface area (Å²) in [5, 5.41) is 8.58. The summed E-state index contributed by atoms with van der Waals surface area (Å²) < 4.78 is 60.5. The molecule has 1 N–H and O–H groups in total. The third-order valence-corrected chi connectivity index (χ3v) is 6.19. The first-order valence-electron chi connectivity index (χ1n) is 16.8. The van der Waals surface area contributed by atoms with Gasteiger partial charge in [0.05, 0.1) is 145 Å². The van der Waals surface area contributed by atoms with Gasteiger partial charge < -0.3 is 57.2 Å². The highest BCUT2D eigenvalue weighted by atomic mass is 16.6. The first-order valence-corrected chi connectivity index (χ1v) is 16.8. The van der Waals surface area contributed by atoms with Crippen LogP contribution in [0.2, 0.25) is 0 Å². The number of aliphatic hydroxyl groups excluding tert-OH is 1. The monoisotopic (exact) mass is 642 g/mol. The van der Waals surface area contributed by atoms with E-state index in [0.717, 1.165) is 19.4 Å². The summed E-state index contributed by atoms with van der Waals surface area (Å²) in [4.78, 5) is 0. The van der Waals surface area contributed by atoms with Gasteiger partial charge in [-0.25, -0.2) is 0 Å². The number of ether oxygens (including phenoxy) is 11. The lowest BCUT2D eigenvalue weighted by Crippen LogP contribution is -2.22. The zero-order chi connectivity index (χ0) is 31.9. The topological polar surface area (TPSA) is 122 Å². The normalized spacial score (nSPS) is 12.3. The van der Waals surface area contributed by atoms with Gasteiger partial charge in [-0.2, -0.15) is 0 Å². The summed E-state index contributed by atoms with van der Waals surface area (Å²) in [5.41, 5.74) is 0. The molecule has 1 unspecified atom stereocenters. The molecule has 12 nitrogen and oxygen atoms in total. The second-order valence-electron chi connectivity index (χ2n) is 9.98. The third-order valence-electron chi connectivity index (χ3n) is 6.19. The van der Waals surface area contributed by atoms with Gasteiger partial charge in [-0.3, -0.25) is 0 Å². The number of unbranched alkanes of at least 4 members (excludes halogenated alkanes) is 5. The van der Waals surface area contributed by atoms with Crippen molar-refractivity contribution < 1.29 is 57.2 Å². The van der Waals surface area contributed by atoms with Gasteiger partial charge in [0.1, 0.15) is 0 Å². The Morgan fingerprint density at radius 3 is 1.07 bits per heavy atom. The molecule has 0 aliphatic rings. The van der Waals surface area contributed by atoms with E-state index in [0.29, 0.717) is 132 Å². The molecule has 266 valence electrons. The van der Waals surface area contributed by atoms with Gasteiger partial charge in [0.15, 0.2) is 0 Å². The fourth-order valence-corrected chi connectivity index (χ4v) is 3.68. The Labute approximate surface area is 267 Å². The first-order chi connectivity index (χ1) is 21.8. The summed E-state index contributed by atoms with van der Waals surface area (Å²) in [6, 6.07) is 0. The molecular weight excluding hydrogens is 576 g/mol. The quantitative estimate of drug-likeness (QED) is 0.0988. The van der Waals surface area contributed by atoms with Crippen molar-refractivity contribution in [2.75, 3.05) is 145 Å². The maximum Gasteiger partial charge on any atom is 0.0807 e. The van der Waals surface area contributed by atoms with Gasteiger partial charge in [0, 0.05) is 6.61 Å². The van der Waals surface area contributed by atoms with Crippen LogP contribution < -0.4 is 0 Å². The minimum atomic E-state index is 0.0282. The lowest BCUT2D eigenvalue weighted by molar-refractivity contribution is -0.0483. The Morgan fingerprint density at radius 2 is 0.705 bits per heavy atom. The fourth-order valence-electron chi connectivity index (χ4n) is 3.68. The maximum atomic E-state index is 8.58. The molecule has 0 bridgehead atoms. The van der Waals surface area contributed by atoms with Crippen LogP contribution in [0.15, 0.2) is 0 Å². The Hall–Kier alpha value is -0.480. The van der Waals surface area contributed by atoms with Crippen LogP contribution in [0.1, 0.15) is 58.8 Å². The van der Waals surface area contributed by atoms with Gasteiger partial charge in [0.25, 0.3) is 0 Å². The van der Waals surface area contributed by atoms with E-state index in [-0.39, 0.29) is 12.7 Å². The van der Waals surface area contributed by atoms with Crippen molar-refractivity contribution in [1.82, 2.24) is 0 Å². The molecule has 0 rings (SSSR count). The molecule has 12 heteroatoms. The fraction of sp³-hybridized carbons (Fsp3) is 1.00. The van der Waals surface area contributed by atoms with E-state index in [9.17, 15) is 0 Å². The molecule has 0 saturated carbocycles. The molecule has 0 spiro atoms. The molecule has 0 aromatic heterocycles. The van der Waals surface area contributed by atoms with E-state index in [1.165, 1.54) is 32.1 Å². The molecule has 0 aromatic carbocycles. The second kappa shape index (κ2) is 40.5. The van der Waals surface area contributed by atoms with Crippen molar-refractivity contribution >= 4 is 0 Å². The first kappa shape index (κ1) is 43.5. The average Bonchev–Trinajstić information content (AvgIpc) is 3.04. The number of hydrogen-bond acceptors (Lipinski definition) is 12. The summed E-state index contributed by atoms with van der Waals surface area (Å²) >= 11 is 0. The van der Waals surface area contributed by atoms with Gasteiger partial charge in [-0.1, -0.05) is 46.0 Å². The molecule has 0 aromatic rings. The van der Waals surface area contributed by atoms with Crippen molar-refractivity contribution in [2.24, 2.45) is 0 Å². The van der Waals surface area contributed by atoms with E-state index in [1.807, 2.05) is 0 Å². The van der Waals surface area contributed by atoms with Crippen LogP contribution in [0.5, 0.6) is 0 Å². The largest absolute Gasteiger partial charge is 0.394 e. The van der Waals surface area contributed by atoms with Crippen LogP contribution in [0.4, 0.5) is 0 Å². The van der Waals surface area contributed by atoms with Crippen LogP contribution in [-0.4, -0.2) is 157 Å². The lowest BCUT2D eigenvalue weighted by Gasteiger charge is -2.16. The molecule has 44 heavy (non-hydrogen) atoms. The maximum absolute atomic E-state index is 8.58. The zero-order valence-corrected chi connectivity index (χ0v) is 28.0. The van der Waals surface area contributed by atoms with E-state index < -0.39 is 0 Å². The summed E-state index contributed by atoms with van der Waals surface area (Å²) in [7, 11) is 0. The van der Waals surface area contributed by atoms with E-state index in [2.05, 4.69) is 13.8 Å². The highest BCUT2D eigenvalue weighted by molar-refractivity contribution is 4.54. The van der Waals surface area contributed by atoms with Crippen molar-refractivity contribution in [3.8, 4) is 0 Å². The summed E-state index contributed by atoms with van der Waals surface area (Å²) in [5.74, 6) is 0. The van der Waals surface area contributed by atoms with Crippen LogP contribution in [0, 0.1) is 0 Å². The van der Waals surface area contributed by atoms with Crippen LogP contribution >= 0.6 is 0 Å². The Bertz CT molecular complexity index is 504. The zero-order valence-electron chi connectivity index (χ0n) is 28.0. The molecule has 0 aliphatic heterocycles. The molecule has 0 radical (unpaired) electrons. The number of hydrogen-bond donors (Lipinski definition) is 1. The molecular formula is C32H66O12. The molecule has 1 atom stereocenters. The van der Waals surface area contributed by atoms with Crippen LogP contribution in [0.25, 0.3) is 0 Å². The van der Waals surface area contributed by atoms with Crippen molar-refractivity contribution in [3.63, 3.8) is 0 Å². The predicted molar refractivity (Wildman–Crippen MR) is 169 cm³/mol. The van der Waals surface area contributed by atoms with E-state index >= 15 is 0 Å². The number of aliphatic hydroxyl groups is 1. The Balaban J connectivity index is 3.16. The summed E-state index contributed by atoms with van der Waals surface area (Å²) in [6.45, 7) is 15.5. The molecule has 0 fully saturated rings. The van der Waals surface area contributed by atoms with Crippen molar-refractivity contribution in [3.05, 3.63) is 0 Å². The van der Waals surface area contributed by atoms with Crippen LogP contribution in [0.3, 0.4) is 0 Å². The smallest absolute Gasteiger partial charge is 0.0807 e. The lowest BCUT2D eigenvalue weighted by atomic mass is 10.1. The van der Waals surface area contributed by atoms with Gasteiger partial charge >= 0.3 is 0 Å². The molecule has 0 heterocycles. The minimum Gasteiger partial charge on any atom is -0.394 e. The average molecular weight is 643 g/mol. The molecule has 0 aliphatic carbocycles. The Morgan fingerprint density at radius 1 is 0.364 bits per heavy atom. The van der Waals surface area contributed by atoms with Gasteiger partial charge in [-0.05, 0) is 12.8 Å². The van der Waals surface area contributed by atoms with Crippen LogP contribution in [-0.2, 0) is 52.1 Å². The van der Waals surface area contributed by atoms with Crippen molar-refractivity contribution in [2.45, 2.75) is 64.9 Å². The summed E-state index contributed by atoms with van der Waals surface area (Å²) in [6.07, 6.45) is 8.74. The highest BCUT2D eigenvalue weighted by Crippen LogP contribution is 2.06. The standard InChI is InChI=1S/C32H66O12/c1-3-5-6-7-8-9-11-43-31-32(4-2)44-30-29-42-28-27-41-26-25-40-24-23-39-22-21-38-20-19-37-18-17-36-16-15-35-14-13-34-12-10-33/h32-33H,3-31H2,1-2H3. The molecule has 0 amide bonds.